The summed E-state index contributed by atoms with van der Waals surface area (Å²) in [5, 5.41) is 12.4. The number of furan rings is 1. The van der Waals surface area contributed by atoms with E-state index in [9.17, 15) is 0 Å². The van der Waals surface area contributed by atoms with Crippen LogP contribution in [0, 0.1) is 0 Å². The lowest BCUT2D eigenvalue weighted by Crippen LogP contribution is -1.90. The van der Waals surface area contributed by atoms with Crippen LogP contribution in [0.4, 0.5) is 0 Å². The molecule has 11 rings (SSSR count). The van der Waals surface area contributed by atoms with Gasteiger partial charge in [-0.3, -0.25) is 0 Å². The number of fused-ring (bicyclic) bond motifs is 9. The fourth-order valence-electron chi connectivity index (χ4n) is 8.20. The lowest BCUT2D eigenvalue weighted by molar-refractivity contribution is 0.669. The van der Waals surface area contributed by atoms with Crippen LogP contribution in [0.2, 0.25) is 0 Å². The fraction of sp³-hybridized carbons (Fsp3) is 0. The van der Waals surface area contributed by atoms with Crippen molar-refractivity contribution >= 4 is 85.8 Å². The summed E-state index contributed by atoms with van der Waals surface area (Å²) in [6.07, 6.45) is 0. The molecule has 11 aromatic rings. The molecule has 0 aliphatic carbocycles. The van der Waals surface area contributed by atoms with Crippen LogP contribution in [0.25, 0.3) is 108 Å². The number of benzene rings is 9. The van der Waals surface area contributed by atoms with Crippen LogP contribution in [0.5, 0.6) is 0 Å². The van der Waals surface area contributed by atoms with Crippen molar-refractivity contribution in [2.75, 3.05) is 0 Å². The van der Waals surface area contributed by atoms with E-state index in [1.54, 1.807) is 0 Å². The van der Waals surface area contributed by atoms with E-state index in [-0.39, 0.29) is 0 Å². The molecule has 9 aromatic carbocycles. The monoisotopic (exact) mass is 652 g/mol. The van der Waals surface area contributed by atoms with Gasteiger partial charge in [-0.05, 0) is 108 Å². The van der Waals surface area contributed by atoms with Gasteiger partial charge in [0.15, 0.2) is 0 Å². The Bertz CT molecular complexity index is 3090. The summed E-state index contributed by atoms with van der Waals surface area (Å²) < 4.78 is 9.37. The molecule has 50 heavy (non-hydrogen) atoms. The summed E-state index contributed by atoms with van der Waals surface area (Å²) in [5.41, 5.74) is 9.10. The van der Waals surface area contributed by atoms with Crippen molar-refractivity contribution in [3.63, 3.8) is 0 Å². The van der Waals surface area contributed by atoms with Gasteiger partial charge in [-0.2, -0.15) is 0 Å². The highest BCUT2D eigenvalue weighted by atomic mass is 32.1. The van der Waals surface area contributed by atoms with Crippen molar-refractivity contribution in [2.24, 2.45) is 0 Å². The van der Waals surface area contributed by atoms with Gasteiger partial charge in [0.25, 0.3) is 0 Å². The second-order valence-electron chi connectivity index (χ2n) is 13.2. The maximum absolute atomic E-state index is 6.72. The Kier molecular flexibility index (Phi) is 5.89. The molecule has 2 aromatic heterocycles. The third-order valence-electron chi connectivity index (χ3n) is 10.4. The molecular formula is C48H28OS. The number of hydrogen-bond donors (Lipinski definition) is 0. The van der Waals surface area contributed by atoms with E-state index in [1.165, 1.54) is 74.7 Å². The van der Waals surface area contributed by atoms with Crippen molar-refractivity contribution in [3.05, 3.63) is 170 Å². The summed E-state index contributed by atoms with van der Waals surface area (Å²) in [7, 11) is 0. The topological polar surface area (TPSA) is 13.1 Å². The predicted molar refractivity (Wildman–Crippen MR) is 215 cm³/mol. The number of thiophene rings is 1. The average molecular weight is 653 g/mol. The van der Waals surface area contributed by atoms with E-state index in [2.05, 4.69) is 170 Å². The zero-order valence-electron chi connectivity index (χ0n) is 27.0. The van der Waals surface area contributed by atoms with Crippen molar-refractivity contribution in [1.82, 2.24) is 0 Å². The Morgan fingerprint density at radius 1 is 0.320 bits per heavy atom. The first-order valence-corrected chi connectivity index (χ1v) is 17.9. The first-order valence-electron chi connectivity index (χ1n) is 17.1. The van der Waals surface area contributed by atoms with Crippen molar-refractivity contribution in [1.29, 1.82) is 0 Å². The standard InChI is InChI=1S/C48H28OS/c1-2-11-29(12-3-1)47-37-15-4-6-17-39(37)48(40-18-7-5-16-38(40)47)32-22-24-35-34-23-21-31(26-43(34)49-44(35)27-32)33-19-10-13-30-25-42-36-14-8-9-20-45(36)50-46(42)28-41(30)33/h1-28H. The lowest BCUT2D eigenvalue weighted by atomic mass is 9.86. The van der Waals surface area contributed by atoms with Crippen LogP contribution in [0.1, 0.15) is 0 Å². The molecule has 0 saturated heterocycles. The molecule has 0 bridgehead atoms. The molecule has 0 fully saturated rings. The Morgan fingerprint density at radius 3 is 1.60 bits per heavy atom. The minimum Gasteiger partial charge on any atom is -0.456 e. The van der Waals surface area contributed by atoms with E-state index in [4.69, 9.17) is 4.42 Å². The van der Waals surface area contributed by atoms with Gasteiger partial charge < -0.3 is 4.42 Å². The molecule has 0 aliphatic rings. The molecule has 0 aliphatic heterocycles. The Hall–Kier alpha value is -6.22. The molecule has 0 radical (unpaired) electrons. The van der Waals surface area contributed by atoms with Crippen molar-refractivity contribution in [2.45, 2.75) is 0 Å². The molecule has 0 spiro atoms. The SMILES string of the molecule is c1ccc(-c2c3ccccc3c(-c3ccc4c(c3)oc3cc(-c5cccc6cc7c(cc56)sc5ccccc57)ccc34)c3ccccc23)cc1. The first kappa shape index (κ1) is 27.7. The highest BCUT2D eigenvalue weighted by molar-refractivity contribution is 7.25. The van der Waals surface area contributed by atoms with E-state index >= 15 is 0 Å². The van der Waals surface area contributed by atoms with E-state index in [0.29, 0.717) is 0 Å². The summed E-state index contributed by atoms with van der Waals surface area (Å²) in [4.78, 5) is 0. The molecule has 0 N–H and O–H groups in total. The van der Waals surface area contributed by atoms with Gasteiger partial charge in [-0.1, -0.05) is 127 Å². The predicted octanol–water partition coefficient (Wildman–Crippen LogP) is 14.4. The smallest absolute Gasteiger partial charge is 0.136 e. The third kappa shape index (κ3) is 4.06. The van der Waals surface area contributed by atoms with Gasteiger partial charge in [0.05, 0.1) is 0 Å². The van der Waals surface area contributed by atoms with Crippen molar-refractivity contribution in [3.8, 4) is 33.4 Å². The quantitative estimate of drug-likeness (QED) is 0.173. The number of rotatable bonds is 3. The Morgan fingerprint density at radius 2 is 0.900 bits per heavy atom. The van der Waals surface area contributed by atoms with Gasteiger partial charge in [-0.25, -0.2) is 0 Å². The van der Waals surface area contributed by atoms with Gasteiger partial charge in [0.1, 0.15) is 11.2 Å². The lowest BCUT2D eigenvalue weighted by Gasteiger charge is -2.17. The molecule has 1 nitrogen and oxygen atoms in total. The zero-order valence-corrected chi connectivity index (χ0v) is 27.8. The van der Waals surface area contributed by atoms with Gasteiger partial charge in [0, 0.05) is 30.9 Å². The van der Waals surface area contributed by atoms with E-state index in [1.807, 2.05) is 11.3 Å². The van der Waals surface area contributed by atoms with Crippen LogP contribution in [-0.2, 0) is 0 Å². The minimum atomic E-state index is 0.903. The van der Waals surface area contributed by atoms with Crippen LogP contribution in [-0.4, -0.2) is 0 Å². The molecule has 2 heteroatoms. The molecule has 2 heterocycles. The summed E-state index contributed by atoms with van der Waals surface area (Å²) in [6.45, 7) is 0. The summed E-state index contributed by atoms with van der Waals surface area (Å²) in [6, 6.07) is 61.9. The van der Waals surface area contributed by atoms with Gasteiger partial charge in [0.2, 0.25) is 0 Å². The number of hydrogen-bond acceptors (Lipinski definition) is 2. The van der Waals surface area contributed by atoms with E-state index < -0.39 is 0 Å². The molecule has 0 unspecified atom stereocenters. The second-order valence-corrected chi connectivity index (χ2v) is 14.3. The maximum Gasteiger partial charge on any atom is 0.136 e. The van der Waals surface area contributed by atoms with Gasteiger partial charge in [-0.15, -0.1) is 11.3 Å². The molecule has 0 atom stereocenters. The maximum atomic E-state index is 6.72. The van der Waals surface area contributed by atoms with Crippen molar-refractivity contribution < 1.29 is 4.42 Å². The fourth-order valence-corrected chi connectivity index (χ4v) is 9.33. The Labute approximate surface area is 292 Å². The Balaban J connectivity index is 1.09. The highest BCUT2D eigenvalue weighted by Gasteiger charge is 2.18. The molecule has 232 valence electrons. The largest absolute Gasteiger partial charge is 0.456 e. The first-order chi connectivity index (χ1) is 24.8. The van der Waals surface area contributed by atoms with Crippen LogP contribution in [0.15, 0.2) is 174 Å². The van der Waals surface area contributed by atoms with Crippen LogP contribution < -0.4 is 0 Å². The van der Waals surface area contributed by atoms with E-state index in [0.717, 1.165) is 33.1 Å². The molecule has 0 saturated carbocycles. The van der Waals surface area contributed by atoms with Gasteiger partial charge >= 0.3 is 0 Å². The van der Waals surface area contributed by atoms with Crippen LogP contribution >= 0.6 is 11.3 Å². The summed E-state index contributed by atoms with van der Waals surface area (Å²) in [5.74, 6) is 0. The zero-order chi connectivity index (χ0) is 32.8. The minimum absolute atomic E-state index is 0.903. The molecule has 0 amide bonds. The second kappa shape index (κ2) is 10.6. The highest BCUT2D eigenvalue weighted by Crippen LogP contribution is 2.45. The van der Waals surface area contributed by atoms with Crippen LogP contribution in [0.3, 0.4) is 0 Å². The third-order valence-corrected chi connectivity index (χ3v) is 11.6. The molecular weight excluding hydrogens is 625 g/mol. The summed E-state index contributed by atoms with van der Waals surface area (Å²) >= 11 is 1.87. The normalized spacial score (nSPS) is 12.0. The average Bonchev–Trinajstić information content (AvgIpc) is 3.73.